The molecule has 0 aliphatic carbocycles. The summed E-state index contributed by atoms with van der Waals surface area (Å²) < 4.78 is 33.2. The van der Waals surface area contributed by atoms with E-state index < -0.39 is 28.5 Å². The highest BCUT2D eigenvalue weighted by atomic mass is 35.5. The fraction of sp³-hybridized carbons (Fsp3) is 0.208. The minimum Gasteiger partial charge on any atom is -0.496 e. The van der Waals surface area contributed by atoms with Gasteiger partial charge in [-0.25, -0.2) is 8.42 Å². The zero-order valence-corrected chi connectivity index (χ0v) is 20.5. The summed E-state index contributed by atoms with van der Waals surface area (Å²) in [5, 5.41) is 3.68. The number of hydrogen-bond acceptors (Lipinski definition) is 4. The Balaban J connectivity index is 1.86. The zero-order valence-electron chi connectivity index (χ0n) is 18.2. The number of methoxy groups -OCH3 is 1. The Hall–Kier alpha value is -2.58. The number of sulfonamides is 1. The Morgan fingerprint density at radius 2 is 1.64 bits per heavy atom. The van der Waals surface area contributed by atoms with Crippen LogP contribution in [0, 0.1) is 0 Å². The first-order chi connectivity index (χ1) is 15.7. The lowest BCUT2D eigenvalue weighted by Crippen LogP contribution is -2.41. The van der Waals surface area contributed by atoms with E-state index in [0.29, 0.717) is 21.4 Å². The van der Waals surface area contributed by atoms with Crippen LogP contribution in [-0.4, -0.2) is 32.3 Å². The summed E-state index contributed by atoms with van der Waals surface area (Å²) in [6.07, 6.45) is 0. The minimum atomic E-state index is -4.01. The summed E-state index contributed by atoms with van der Waals surface area (Å²) >= 11 is 12.2. The number of hydrogen-bond donors (Lipinski definition) is 1. The first kappa shape index (κ1) is 25.1. The van der Waals surface area contributed by atoms with E-state index in [-0.39, 0.29) is 11.4 Å². The summed E-state index contributed by atoms with van der Waals surface area (Å²) in [5.41, 5.74) is 1.37. The van der Waals surface area contributed by atoms with Crippen molar-refractivity contribution in [3.8, 4) is 5.75 Å². The van der Waals surface area contributed by atoms with Gasteiger partial charge in [-0.05, 0) is 48.9 Å². The summed E-state index contributed by atoms with van der Waals surface area (Å²) in [6, 6.07) is 19.6. The third-order valence-electron chi connectivity index (χ3n) is 5.06. The molecule has 3 rings (SSSR count). The van der Waals surface area contributed by atoms with Crippen LogP contribution in [0.2, 0.25) is 10.0 Å². The second-order valence-corrected chi connectivity index (χ2v) is 10.1. The molecule has 0 saturated carbocycles. The molecule has 0 aliphatic heterocycles. The predicted octanol–water partition coefficient (Wildman–Crippen LogP) is 5.07. The van der Waals surface area contributed by atoms with Gasteiger partial charge in [-0.2, -0.15) is 4.31 Å². The van der Waals surface area contributed by atoms with E-state index in [4.69, 9.17) is 27.9 Å². The van der Waals surface area contributed by atoms with Crippen molar-refractivity contribution in [3.63, 3.8) is 0 Å². The second kappa shape index (κ2) is 11.0. The Morgan fingerprint density at radius 3 is 2.30 bits per heavy atom. The molecule has 0 unspecified atom stereocenters. The number of ether oxygens (including phenoxy) is 1. The molecule has 0 fully saturated rings. The zero-order chi connectivity index (χ0) is 24.0. The van der Waals surface area contributed by atoms with E-state index in [2.05, 4.69) is 5.32 Å². The molecule has 9 heteroatoms. The number of carbonyl (C=O) groups is 1. The molecule has 6 nitrogen and oxygen atoms in total. The van der Waals surface area contributed by atoms with Crippen LogP contribution in [0.5, 0.6) is 5.75 Å². The molecule has 3 aromatic carbocycles. The summed E-state index contributed by atoms with van der Waals surface area (Å²) in [7, 11) is -2.46. The molecular formula is C24H24Cl2N2O4S. The number of halogens is 2. The van der Waals surface area contributed by atoms with E-state index in [1.807, 2.05) is 25.1 Å². The van der Waals surface area contributed by atoms with Crippen LogP contribution in [0.15, 0.2) is 77.7 Å². The SMILES string of the molecule is COc1ccccc1[C@H](C)NC(=O)CN(Cc1ccccc1Cl)S(=O)(=O)c1ccc(Cl)cc1. The Kier molecular flexibility index (Phi) is 8.37. The van der Waals surface area contributed by atoms with E-state index in [0.717, 1.165) is 9.87 Å². The molecular weight excluding hydrogens is 483 g/mol. The van der Waals surface area contributed by atoms with Crippen LogP contribution >= 0.6 is 23.2 Å². The highest BCUT2D eigenvalue weighted by molar-refractivity contribution is 7.89. The maximum absolute atomic E-state index is 13.4. The Labute approximate surface area is 204 Å². The number of nitrogens with one attached hydrogen (secondary N) is 1. The van der Waals surface area contributed by atoms with E-state index in [1.54, 1.807) is 37.4 Å². The van der Waals surface area contributed by atoms with Crippen LogP contribution in [0.25, 0.3) is 0 Å². The molecule has 0 heterocycles. The van der Waals surface area contributed by atoms with Crippen molar-refractivity contribution in [2.75, 3.05) is 13.7 Å². The molecule has 1 N–H and O–H groups in total. The maximum Gasteiger partial charge on any atom is 0.243 e. The number of carbonyl (C=O) groups excluding carboxylic acids is 1. The van der Waals surface area contributed by atoms with Gasteiger partial charge in [0.2, 0.25) is 15.9 Å². The summed E-state index contributed by atoms with van der Waals surface area (Å²) in [5.74, 6) is 0.171. The van der Waals surface area contributed by atoms with Crippen molar-refractivity contribution < 1.29 is 17.9 Å². The van der Waals surface area contributed by atoms with Gasteiger partial charge in [0.1, 0.15) is 5.75 Å². The number of nitrogens with zero attached hydrogens (tertiary/aromatic N) is 1. The first-order valence-electron chi connectivity index (χ1n) is 10.1. The normalized spacial score (nSPS) is 12.4. The molecule has 0 aromatic heterocycles. The van der Waals surface area contributed by atoms with Crippen molar-refractivity contribution >= 4 is 39.1 Å². The molecule has 1 amide bonds. The number of para-hydroxylation sites is 1. The molecule has 0 aliphatic rings. The molecule has 3 aromatic rings. The number of amides is 1. The first-order valence-corrected chi connectivity index (χ1v) is 12.3. The fourth-order valence-corrected chi connectivity index (χ4v) is 5.04. The lowest BCUT2D eigenvalue weighted by molar-refractivity contribution is -0.122. The molecule has 33 heavy (non-hydrogen) atoms. The second-order valence-electron chi connectivity index (χ2n) is 7.35. The minimum absolute atomic E-state index is 0.0320. The van der Waals surface area contributed by atoms with Gasteiger partial charge in [-0.3, -0.25) is 4.79 Å². The van der Waals surface area contributed by atoms with Gasteiger partial charge >= 0.3 is 0 Å². The van der Waals surface area contributed by atoms with Gasteiger partial charge in [-0.15, -0.1) is 0 Å². The maximum atomic E-state index is 13.4. The largest absolute Gasteiger partial charge is 0.496 e. The average Bonchev–Trinajstić information content (AvgIpc) is 2.80. The van der Waals surface area contributed by atoms with Crippen molar-refractivity contribution in [1.29, 1.82) is 0 Å². The summed E-state index contributed by atoms with van der Waals surface area (Å²) in [6.45, 7) is 1.35. The van der Waals surface area contributed by atoms with Crippen LogP contribution < -0.4 is 10.1 Å². The topological polar surface area (TPSA) is 75.7 Å². The standard InChI is InChI=1S/C24H24Cl2N2O4S/c1-17(21-8-4-6-10-23(21)32-2)27-24(29)16-28(15-18-7-3-5-9-22(18)26)33(30,31)20-13-11-19(25)12-14-20/h3-14,17H,15-16H2,1-2H3,(H,27,29)/t17-/m0/s1. The Bertz CT molecular complexity index is 1220. The lowest BCUT2D eigenvalue weighted by atomic mass is 10.1. The molecule has 0 spiro atoms. The molecule has 174 valence electrons. The van der Waals surface area contributed by atoms with Crippen LogP contribution in [-0.2, 0) is 21.4 Å². The van der Waals surface area contributed by atoms with Crippen LogP contribution in [0.4, 0.5) is 0 Å². The van der Waals surface area contributed by atoms with Crippen LogP contribution in [0.3, 0.4) is 0 Å². The lowest BCUT2D eigenvalue weighted by Gasteiger charge is -2.24. The highest BCUT2D eigenvalue weighted by Crippen LogP contribution is 2.26. The van der Waals surface area contributed by atoms with Gasteiger partial charge < -0.3 is 10.1 Å². The van der Waals surface area contributed by atoms with Gasteiger partial charge in [0.05, 0.1) is 24.6 Å². The van der Waals surface area contributed by atoms with Crippen molar-refractivity contribution in [3.05, 3.63) is 94.0 Å². The van der Waals surface area contributed by atoms with Gasteiger partial charge in [-0.1, -0.05) is 59.6 Å². The van der Waals surface area contributed by atoms with Crippen molar-refractivity contribution in [2.24, 2.45) is 0 Å². The molecule has 0 saturated heterocycles. The smallest absolute Gasteiger partial charge is 0.243 e. The average molecular weight is 507 g/mol. The Morgan fingerprint density at radius 1 is 1.00 bits per heavy atom. The fourth-order valence-electron chi connectivity index (χ4n) is 3.35. The molecule has 0 bridgehead atoms. The van der Waals surface area contributed by atoms with Gasteiger partial charge in [0, 0.05) is 22.2 Å². The monoisotopic (exact) mass is 506 g/mol. The molecule has 1 atom stereocenters. The third-order valence-corrected chi connectivity index (χ3v) is 7.49. The third kappa shape index (κ3) is 6.26. The van der Waals surface area contributed by atoms with Crippen LogP contribution in [0.1, 0.15) is 24.1 Å². The quantitative estimate of drug-likeness (QED) is 0.439. The van der Waals surface area contributed by atoms with Gasteiger partial charge in [0.15, 0.2) is 0 Å². The number of benzene rings is 3. The van der Waals surface area contributed by atoms with E-state index in [1.165, 1.54) is 24.3 Å². The van der Waals surface area contributed by atoms with E-state index in [9.17, 15) is 13.2 Å². The molecule has 0 radical (unpaired) electrons. The predicted molar refractivity (Wildman–Crippen MR) is 130 cm³/mol. The van der Waals surface area contributed by atoms with E-state index >= 15 is 0 Å². The van der Waals surface area contributed by atoms with Crippen molar-refractivity contribution in [1.82, 2.24) is 9.62 Å². The highest BCUT2D eigenvalue weighted by Gasteiger charge is 2.28. The summed E-state index contributed by atoms with van der Waals surface area (Å²) in [4.78, 5) is 13.0. The van der Waals surface area contributed by atoms with Gasteiger partial charge in [0.25, 0.3) is 0 Å². The van der Waals surface area contributed by atoms with Crippen molar-refractivity contribution in [2.45, 2.75) is 24.4 Å². The number of rotatable bonds is 9.